The second-order valence-corrected chi connectivity index (χ2v) is 3.09. The van der Waals surface area contributed by atoms with Gasteiger partial charge in [0, 0.05) is 11.9 Å². The van der Waals surface area contributed by atoms with Crippen LogP contribution in [0.2, 0.25) is 0 Å². The maximum atomic E-state index is 4.21. The first-order chi connectivity index (χ1) is 6.92. The van der Waals surface area contributed by atoms with Crippen molar-refractivity contribution in [3.8, 4) is 0 Å². The molecule has 0 aliphatic carbocycles. The third-order valence-corrected chi connectivity index (χ3v) is 2.02. The van der Waals surface area contributed by atoms with Crippen LogP contribution in [0.1, 0.15) is 13.3 Å². The number of nitrogens with one attached hydrogen (secondary N) is 1. The average Bonchev–Trinajstić information content (AvgIpc) is 2.26. The first-order valence-electron chi connectivity index (χ1n) is 4.76. The number of benzene rings is 1. The third-order valence-electron chi connectivity index (χ3n) is 2.02. The second kappa shape index (κ2) is 4.05. The normalized spacial score (nSPS) is 10.4. The Kier molecular flexibility index (Phi) is 2.58. The van der Waals surface area contributed by atoms with Gasteiger partial charge in [0.05, 0.1) is 5.52 Å². The molecular formula is C11H12N3. The molecule has 1 aromatic carbocycles. The average molecular weight is 186 g/mol. The zero-order valence-electron chi connectivity index (χ0n) is 8.12. The number of fused-ring (bicyclic) bond motifs is 1. The Balaban J connectivity index is 2.43. The summed E-state index contributed by atoms with van der Waals surface area (Å²) in [5.74, 6) is 0.908. The summed E-state index contributed by atoms with van der Waals surface area (Å²) in [6.07, 6.45) is 2.67. The fourth-order valence-electron chi connectivity index (χ4n) is 1.33. The van der Waals surface area contributed by atoms with Crippen LogP contribution in [0.15, 0.2) is 24.5 Å². The minimum Gasteiger partial charge on any atom is -0.369 e. The lowest BCUT2D eigenvalue weighted by Crippen LogP contribution is -2.02. The molecule has 3 heteroatoms. The van der Waals surface area contributed by atoms with Crippen LogP contribution in [0, 0.1) is 6.07 Å². The van der Waals surface area contributed by atoms with Crippen LogP contribution in [-0.4, -0.2) is 16.5 Å². The van der Waals surface area contributed by atoms with Crippen molar-refractivity contribution < 1.29 is 0 Å². The maximum absolute atomic E-state index is 4.21. The summed E-state index contributed by atoms with van der Waals surface area (Å²) in [5, 5.41) is 4.33. The maximum Gasteiger partial charge on any atom is 0.137 e. The molecule has 0 aliphatic heterocycles. The molecular weight excluding hydrogens is 174 g/mol. The van der Waals surface area contributed by atoms with Gasteiger partial charge in [0.1, 0.15) is 12.1 Å². The van der Waals surface area contributed by atoms with Crippen molar-refractivity contribution in [2.75, 3.05) is 11.9 Å². The molecule has 1 aromatic heterocycles. The molecule has 3 nitrogen and oxygen atoms in total. The first-order valence-corrected chi connectivity index (χ1v) is 4.76. The number of anilines is 1. The van der Waals surface area contributed by atoms with Crippen LogP contribution in [-0.2, 0) is 0 Å². The molecule has 1 heterocycles. The molecule has 2 aromatic rings. The van der Waals surface area contributed by atoms with E-state index in [2.05, 4.69) is 28.3 Å². The number of aromatic nitrogens is 2. The molecule has 0 amide bonds. The van der Waals surface area contributed by atoms with Crippen molar-refractivity contribution >= 4 is 16.7 Å². The molecule has 0 atom stereocenters. The summed E-state index contributed by atoms with van der Waals surface area (Å²) in [6.45, 7) is 3.06. The Labute approximate surface area is 83.2 Å². The van der Waals surface area contributed by atoms with Crippen molar-refractivity contribution in [3.63, 3.8) is 0 Å². The van der Waals surface area contributed by atoms with E-state index in [1.165, 1.54) is 0 Å². The van der Waals surface area contributed by atoms with Gasteiger partial charge in [0.2, 0.25) is 0 Å². The summed E-state index contributed by atoms with van der Waals surface area (Å²) in [6, 6.07) is 8.73. The largest absolute Gasteiger partial charge is 0.369 e. The molecule has 14 heavy (non-hydrogen) atoms. The fourth-order valence-corrected chi connectivity index (χ4v) is 1.33. The van der Waals surface area contributed by atoms with Gasteiger partial charge in [-0.05, 0) is 24.6 Å². The van der Waals surface area contributed by atoms with Gasteiger partial charge in [-0.2, -0.15) is 0 Å². The highest BCUT2D eigenvalue weighted by molar-refractivity contribution is 5.88. The Morgan fingerprint density at radius 2 is 2.36 bits per heavy atom. The summed E-state index contributed by atoms with van der Waals surface area (Å²) >= 11 is 0. The Bertz CT molecular complexity index is 420. The van der Waals surface area contributed by atoms with E-state index in [0.29, 0.717) is 0 Å². The molecule has 1 radical (unpaired) electrons. The zero-order valence-corrected chi connectivity index (χ0v) is 8.12. The van der Waals surface area contributed by atoms with Crippen LogP contribution in [0.5, 0.6) is 0 Å². The molecule has 0 fully saturated rings. The third kappa shape index (κ3) is 1.66. The van der Waals surface area contributed by atoms with Gasteiger partial charge in [0.15, 0.2) is 0 Å². The SMILES string of the molecule is CCCNc1ncnc2c[c]ccc12. The summed E-state index contributed by atoms with van der Waals surface area (Å²) in [4.78, 5) is 8.38. The molecule has 0 saturated carbocycles. The van der Waals surface area contributed by atoms with Gasteiger partial charge in [-0.15, -0.1) is 0 Å². The lowest BCUT2D eigenvalue weighted by Gasteiger charge is -2.05. The molecule has 0 aliphatic rings. The van der Waals surface area contributed by atoms with E-state index in [0.717, 1.165) is 29.7 Å². The van der Waals surface area contributed by atoms with Crippen molar-refractivity contribution in [3.05, 3.63) is 30.6 Å². The molecule has 0 bridgehead atoms. The Morgan fingerprint density at radius 1 is 1.43 bits per heavy atom. The predicted octanol–water partition coefficient (Wildman–Crippen LogP) is 2.25. The summed E-state index contributed by atoms with van der Waals surface area (Å²) in [5.41, 5.74) is 0.932. The number of nitrogens with zero attached hydrogens (tertiary/aromatic N) is 2. The number of rotatable bonds is 3. The van der Waals surface area contributed by atoms with E-state index in [1.54, 1.807) is 6.33 Å². The van der Waals surface area contributed by atoms with Crippen LogP contribution < -0.4 is 5.32 Å². The van der Waals surface area contributed by atoms with Gasteiger partial charge in [0.25, 0.3) is 0 Å². The highest BCUT2D eigenvalue weighted by Crippen LogP contribution is 2.17. The number of hydrogen-bond donors (Lipinski definition) is 1. The van der Waals surface area contributed by atoms with E-state index in [4.69, 9.17) is 0 Å². The molecule has 0 saturated heterocycles. The van der Waals surface area contributed by atoms with Crippen LogP contribution in [0.4, 0.5) is 5.82 Å². The van der Waals surface area contributed by atoms with Crippen molar-refractivity contribution in [1.82, 2.24) is 9.97 Å². The van der Waals surface area contributed by atoms with Gasteiger partial charge < -0.3 is 5.32 Å². The van der Waals surface area contributed by atoms with Crippen molar-refractivity contribution in [1.29, 1.82) is 0 Å². The van der Waals surface area contributed by atoms with Crippen LogP contribution >= 0.6 is 0 Å². The van der Waals surface area contributed by atoms with Gasteiger partial charge in [-0.1, -0.05) is 13.0 Å². The van der Waals surface area contributed by atoms with Crippen molar-refractivity contribution in [2.45, 2.75) is 13.3 Å². The molecule has 1 N–H and O–H groups in total. The van der Waals surface area contributed by atoms with E-state index in [-0.39, 0.29) is 0 Å². The standard InChI is InChI=1S/C11H12N3/c1-2-7-12-11-9-5-3-4-6-10(9)13-8-14-11/h3,5-6,8H,2,7H2,1H3,(H,12,13,14). The van der Waals surface area contributed by atoms with Gasteiger partial charge >= 0.3 is 0 Å². The van der Waals surface area contributed by atoms with E-state index < -0.39 is 0 Å². The minimum absolute atomic E-state index is 0.908. The topological polar surface area (TPSA) is 37.8 Å². The molecule has 0 spiro atoms. The minimum atomic E-state index is 0.908. The molecule has 71 valence electrons. The van der Waals surface area contributed by atoms with Crippen molar-refractivity contribution in [2.24, 2.45) is 0 Å². The van der Waals surface area contributed by atoms with E-state index in [1.807, 2.05) is 18.2 Å². The molecule has 2 rings (SSSR count). The fraction of sp³-hybridized carbons (Fsp3) is 0.273. The summed E-state index contributed by atoms with van der Waals surface area (Å²) < 4.78 is 0. The molecule has 0 unspecified atom stereocenters. The second-order valence-electron chi connectivity index (χ2n) is 3.09. The number of hydrogen-bond acceptors (Lipinski definition) is 3. The highest BCUT2D eigenvalue weighted by Gasteiger charge is 2.00. The predicted molar refractivity (Wildman–Crippen MR) is 57.2 cm³/mol. The quantitative estimate of drug-likeness (QED) is 0.798. The van der Waals surface area contributed by atoms with Crippen LogP contribution in [0.25, 0.3) is 10.9 Å². The van der Waals surface area contributed by atoms with E-state index in [9.17, 15) is 0 Å². The van der Waals surface area contributed by atoms with Gasteiger partial charge in [-0.25, -0.2) is 9.97 Å². The van der Waals surface area contributed by atoms with Gasteiger partial charge in [-0.3, -0.25) is 0 Å². The zero-order chi connectivity index (χ0) is 9.80. The summed E-state index contributed by atoms with van der Waals surface area (Å²) in [7, 11) is 0. The Hall–Kier alpha value is -1.64. The lowest BCUT2D eigenvalue weighted by atomic mass is 10.2. The monoisotopic (exact) mass is 186 g/mol. The lowest BCUT2D eigenvalue weighted by molar-refractivity contribution is 0.969. The van der Waals surface area contributed by atoms with Crippen LogP contribution in [0.3, 0.4) is 0 Å². The highest BCUT2D eigenvalue weighted by atomic mass is 15.0. The Morgan fingerprint density at radius 3 is 3.21 bits per heavy atom. The first kappa shape index (κ1) is 8.94. The van der Waals surface area contributed by atoms with E-state index >= 15 is 0 Å². The smallest absolute Gasteiger partial charge is 0.137 e.